The lowest BCUT2D eigenvalue weighted by Crippen LogP contribution is -2.16. The van der Waals surface area contributed by atoms with Gasteiger partial charge in [0.1, 0.15) is 0 Å². The number of aromatic carboxylic acids is 1. The number of hydrogen-bond donors (Lipinski definition) is 2. The number of halogens is 1. The standard InChI is InChI=1S/C16H16ClNO4S/c1-9-4-5-13(8-14(9)17)18-23(21,22)15-7-12(16(19)20)6-10(2)11(15)3/h4-8,18H,1-3H3,(H,19,20). The van der Waals surface area contributed by atoms with Crippen LogP contribution in [0.25, 0.3) is 0 Å². The zero-order chi connectivity index (χ0) is 17.4. The number of anilines is 1. The number of nitrogens with one attached hydrogen (secondary N) is 1. The molecule has 0 fully saturated rings. The smallest absolute Gasteiger partial charge is 0.335 e. The number of sulfonamides is 1. The predicted molar refractivity (Wildman–Crippen MR) is 89.9 cm³/mol. The first-order chi connectivity index (χ1) is 10.6. The number of aryl methyl sites for hydroxylation is 2. The molecule has 0 radical (unpaired) electrons. The van der Waals surface area contributed by atoms with E-state index in [9.17, 15) is 13.2 Å². The Bertz CT molecular complexity index is 891. The van der Waals surface area contributed by atoms with Gasteiger partial charge in [0.15, 0.2) is 0 Å². The molecule has 2 aromatic rings. The topological polar surface area (TPSA) is 83.5 Å². The van der Waals surface area contributed by atoms with Gasteiger partial charge in [-0.1, -0.05) is 17.7 Å². The van der Waals surface area contributed by atoms with Crippen molar-refractivity contribution in [3.63, 3.8) is 0 Å². The highest BCUT2D eigenvalue weighted by molar-refractivity contribution is 7.92. The number of carboxylic acid groups (broad SMARTS) is 1. The monoisotopic (exact) mass is 353 g/mol. The maximum Gasteiger partial charge on any atom is 0.335 e. The lowest BCUT2D eigenvalue weighted by Gasteiger charge is -2.13. The highest BCUT2D eigenvalue weighted by Crippen LogP contribution is 2.26. The van der Waals surface area contributed by atoms with Crippen molar-refractivity contribution < 1.29 is 18.3 Å². The van der Waals surface area contributed by atoms with E-state index in [0.717, 1.165) is 11.6 Å². The van der Waals surface area contributed by atoms with Crippen molar-refractivity contribution in [1.29, 1.82) is 0 Å². The van der Waals surface area contributed by atoms with Crippen LogP contribution in [0, 0.1) is 20.8 Å². The first-order valence-corrected chi connectivity index (χ1v) is 8.61. The molecule has 5 nitrogen and oxygen atoms in total. The fraction of sp³-hybridized carbons (Fsp3) is 0.188. The molecule has 23 heavy (non-hydrogen) atoms. The summed E-state index contributed by atoms with van der Waals surface area (Å²) < 4.78 is 27.6. The fourth-order valence-electron chi connectivity index (χ4n) is 2.10. The minimum atomic E-state index is -3.92. The molecule has 0 bridgehead atoms. The van der Waals surface area contributed by atoms with Crippen LogP contribution in [0.1, 0.15) is 27.0 Å². The fourth-order valence-corrected chi connectivity index (χ4v) is 3.67. The Balaban J connectivity index is 2.51. The molecular formula is C16H16ClNO4S. The summed E-state index contributed by atoms with van der Waals surface area (Å²) >= 11 is 6.00. The van der Waals surface area contributed by atoms with Crippen molar-refractivity contribution in [3.8, 4) is 0 Å². The summed E-state index contributed by atoms with van der Waals surface area (Å²) in [6.07, 6.45) is 0. The van der Waals surface area contributed by atoms with Gasteiger partial charge in [-0.2, -0.15) is 0 Å². The van der Waals surface area contributed by atoms with Crippen molar-refractivity contribution >= 4 is 33.3 Å². The zero-order valence-corrected chi connectivity index (χ0v) is 14.4. The van der Waals surface area contributed by atoms with Gasteiger partial charge in [-0.05, 0) is 61.7 Å². The lowest BCUT2D eigenvalue weighted by molar-refractivity contribution is 0.0696. The van der Waals surface area contributed by atoms with Crippen LogP contribution >= 0.6 is 11.6 Å². The highest BCUT2D eigenvalue weighted by Gasteiger charge is 2.21. The normalized spacial score (nSPS) is 11.3. The molecule has 0 aromatic heterocycles. The van der Waals surface area contributed by atoms with Gasteiger partial charge < -0.3 is 5.11 Å². The molecule has 0 amide bonds. The average Bonchev–Trinajstić information content (AvgIpc) is 2.45. The molecule has 0 saturated heterocycles. The van der Waals surface area contributed by atoms with Crippen LogP contribution in [-0.2, 0) is 10.0 Å². The lowest BCUT2D eigenvalue weighted by atomic mass is 10.1. The van der Waals surface area contributed by atoms with E-state index >= 15 is 0 Å². The van der Waals surface area contributed by atoms with Crippen LogP contribution in [-0.4, -0.2) is 19.5 Å². The molecule has 0 aliphatic heterocycles. The summed E-state index contributed by atoms with van der Waals surface area (Å²) in [5, 5.41) is 9.56. The third-order valence-corrected chi connectivity index (χ3v) is 5.49. The van der Waals surface area contributed by atoms with Crippen molar-refractivity contribution in [2.24, 2.45) is 0 Å². The predicted octanol–water partition coefficient (Wildman–Crippen LogP) is 3.76. The Morgan fingerprint density at radius 3 is 2.30 bits per heavy atom. The van der Waals surface area contributed by atoms with E-state index in [-0.39, 0.29) is 10.5 Å². The van der Waals surface area contributed by atoms with E-state index in [4.69, 9.17) is 16.7 Å². The number of rotatable bonds is 4. The number of benzene rings is 2. The second kappa shape index (κ2) is 6.22. The highest BCUT2D eigenvalue weighted by atomic mass is 35.5. The van der Waals surface area contributed by atoms with E-state index < -0.39 is 16.0 Å². The van der Waals surface area contributed by atoms with Crippen LogP contribution in [0.3, 0.4) is 0 Å². The Kier molecular flexibility index (Phi) is 4.68. The Morgan fingerprint density at radius 1 is 1.09 bits per heavy atom. The van der Waals surface area contributed by atoms with Crippen molar-refractivity contribution in [2.75, 3.05) is 4.72 Å². The summed E-state index contributed by atoms with van der Waals surface area (Å²) in [5.74, 6) is -1.18. The molecule has 0 unspecified atom stereocenters. The second-order valence-corrected chi connectivity index (χ2v) is 7.35. The van der Waals surface area contributed by atoms with Gasteiger partial charge >= 0.3 is 5.97 Å². The van der Waals surface area contributed by atoms with Crippen molar-refractivity contribution in [1.82, 2.24) is 0 Å². The van der Waals surface area contributed by atoms with Crippen LogP contribution in [0.5, 0.6) is 0 Å². The number of carboxylic acids is 1. The Morgan fingerprint density at radius 2 is 1.74 bits per heavy atom. The molecule has 2 aromatic carbocycles. The van der Waals surface area contributed by atoms with Gasteiger partial charge in [-0.3, -0.25) is 4.72 Å². The first-order valence-electron chi connectivity index (χ1n) is 6.75. The van der Waals surface area contributed by atoms with Crippen LogP contribution in [0.2, 0.25) is 5.02 Å². The number of hydrogen-bond acceptors (Lipinski definition) is 3. The van der Waals surface area contributed by atoms with Crippen molar-refractivity contribution in [2.45, 2.75) is 25.7 Å². The zero-order valence-electron chi connectivity index (χ0n) is 12.8. The molecule has 2 N–H and O–H groups in total. The van der Waals surface area contributed by atoms with Gasteiger partial charge in [0.2, 0.25) is 0 Å². The Hall–Kier alpha value is -2.05. The molecule has 0 atom stereocenters. The largest absolute Gasteiger partial charge is 0.478 e. The van der Waals surface area contributed by atoms with Crippen LogP contribution < -0.4 is 4.72 Å². The molecular weight excluding hydrogens is 338 g/mol. The van der Waals surface area contributed by atoms with E-state index in [0.29, 0.717) is 21.8 Å². The molecule has 7 heteroatoms. The SMILES string of the molecule is Cc1ccc(NS(=O)(=O)c2cc(C(=O)O)cc(C)c2C)cc1Cl. The molecule has 0 spiro atoms. The van der Waals surface area contributed by atoms with Gasteiger partial charge in [0, 0.05) is 5.02 Å². The first kappa shape index (κ1) is 17.3. The van der Waals surface area contributed by atoms with E-state index in [1.54, 1.807) is 26.0 Å². The third-order valence-electron chi connectivity index (χ3n) is 3.58. The molecule has 0 aliphatic rings. The summed E-state index contributed by atoms with van der Waals surface area (Å²) in [6, 6.07) is 7.41. The minimum absolute atomic E-state index is 0.0633. The summed E-state index contributed by atoms with van der Waals surface area (Å²) in [6.45, 7) is 5.12. The molecule has 0 heterocycles. The molecule has 0 saturated carbocycles. The van der Waals surface area contributed by atoms with E-state index in [1.165, 1.54) is 12.1 Å². The summed E-state index contributed by atoms with van der Waals surface area (Å²) in [5.41, 5.74) is 2.16. The third kappa shape index (κ3) is 3.65. The average molecular weight is 354 g/mol. The van der Waals surface area contributed by atoms with Gasteiger partial charge in [0.05, 0.1) is 16.1 Å². The summed E-state index contributed by atoms with van der Waals surface area (Å²) in [4.78, 5) is 11.1. The second-order valence-electron chi connectivity index (χ2n) is 5.29. The van der Waals surface area contributed by atoms with Gasteiger partial charge in [-0.15, -0.1) is 0 Å². The maximum atomic E-state index is 12.6. The Labute approximate surface area is 140 Å². The van der Waals surface area contributed by atoms with Gasteiger partial charge in [0.25, 0.3) is 10.0 Å². The minimum Gasteiger partial charge on any atom is -0.478 e. The van der Waals surface area contributed by atoms with Crippen LogP contribution in [0.15, 0.2) is 35.2 Å². The van der Waals surface area contributed by atoms with Crippen LogP contribution in [0.4, 0.5) is 5.69 Å². The van der Waals surface area contributed by atoms with Crippen molar-refractivity contribution in [3.05, 3.63) is 57.6 Å². The molecule has 2 rings (SSSR count). The van der Waals surface area contributed by atoms with Gasteiger partial charge in [-0.25, -0.2) is 13.2 Å². The quantitative estimate of drug-likeness (QED) is 0.876. The van der Waals surface area contributed by atoms with E-state index in [2.05, 4.69) is 4.72 Å². The molecule has 122 valence electrons. The maximum absolute atomic E-state index is 12.6. The molecule has 0 aliphatic carbocycles. The van der Waals surface area contributed by atoms with E-state index in [1.807, 2.05) is 6.92 Å². The number of carbonyl (C=O) groups is 1. The summed E-state index contributed by atoms with van der Waals surface area (Å²) in [7, 11) is -3.92.